The van der Waals surface area contributed by atoms with Crippen LogP contribution in [0.3, 0.4) is 0 Å². The topological polar surface area (TPSA) is 58.2 Å². The molecule has 1 fully saturated rings. The van der Waals surface area contributed by atoms with Crippen LogP contribution in [0.4, 0.5) is 0 Å². The monoisotopic (exact) mass is 206 g/mol. The third kappa shape index (κ3) is 4.06. The van der Waals surface area contributed by atoms with E-state index in [0.717, 1.165) is 19.5 Å². The van der Waals surface area contributed by atoms with Gasteiger partial charge in [0.2, 0.25) is 10.0 Å². The molecule has 2 atom stereocenters. The van der Waals surface area contributed by atoms with Gasteiger partial charge in [-0.25, -0.2) is 13.1 Å². The highest BCUT2D eigenvalue weighted by Gasteiger charge is 2.22. The summed E-state index contributed by atoms with van der Waals surface area (Å²) in [5, 5.41) is 3.29. The highest BCUT2D eigenvalue weighted by atomic mass is 32.2. The van der Waals surface area contributed by atoms with Crippen LogP contribution in [0.1, 0.15) is 13.3 Å². The molecule has 1 saturated heterocycles. The molecule has 5 heteroatoms. The molecule has 0 spiro atoms. The van der Waals surface area contributed by atoms with Crippen LogP contribution in [0.5, 0.6) is 0 Å². The largest absolute Gasteiger partial charge is 0.316 e. The van der Waals surface area contributed by atoms with E-state index in [9.17, 15) is 8.42 Å². The zero-order valence-electron chi connectivity index (χ0n) is 8.21. The zero-order chi connectivity index (χ0) is 9.90. The molecule has 0 unspecified atom stereocenters. The Hall–Kier alpha value is -0.130. The minimum atomic E-state index is -3.00. The molecule has 0 aliphatic carbocycles. The van der Waals surface area contributed by atoms with Gasteiger partial charge >= 0.3 is 0 Å². The van der Waals surface area contributed by atoms with Crippen LogP contribution in [-0.2, 0) is 10.0 Å². The smallest absolute Gasteiger partial charge is 0.208 e. The number of sulfonamides is 1. The maximum Gasteiger partial charge on any atom is 0.208 e. The molecule has 13 heavy (non-hydrogen) atoms. The summed E-state index contributed by atoms with van der Waals surface area (Å²) >= 11 is 0. The first kappa shape index (κ1) is 10.9. The summed E-state index contributed by atoms with van der Waals surface area (Å²) in [4.78, 5) is 0. The summed E-state index contributed by atoms with van der Waals surface area (Å²) in [7, 11) is -3.00. The van der Waals surface area contributed by atoms with Crippen molar-refractivity contribution in [3.8, 4) is 0 Å². The Morgan fingerprint density at radius 2 is 2.15 bits per heavy atom. The van der Waals surface area contributed by atoms with Crippen molar-refractivity contribution in [3.63, 3.8) is 0 Å². The Morgan fingerprint density at radius 1 is 1.46 bits per heavy atom. The van der Waals surface area contributed by atoms with E-state index in [1.807, 2.05) is 0 Å². The van der Waals surface area contributed by atoms with Gasteiger partial charge in [-0.2, -0.15) is 0 Å². The SMILES string of the molecule is C[C@@H]1CNC[C@H]1CCNS(C)(=O)=O. The number of hydrogen-bond acceptors (Lipinski definition) is 3. The van der Waals surface area contributed by atoms with Crippen molar-refractivity contribution in [1.82, 2.24) is 10.0 Å². The minimum Gasteiger partial charge on any atom is -0.316 e. The maximum atomic E-state index is 10.8. The summed E-state index contributed by atoms with van der Waals surface area (Å²) in [5.41, 5.74) is 0. The highest BCUT2D eigenvalue weighted by Crippen LogP contribution is 2.18. The van der Waals surface area contributed by atoms with Crippen LogP contribution in [-0.4, -0.2) is 34.3 Å². The van der Waals surface area contributed by atoms with E-state index in [2.05, 4.69) is 17.0 Å². The number of nitrogens with one attached hydrogen (secondary N) is 2. The van der Waals surface area contributed by atoms with Crippen LogP contribution < -0.4 is 10.0 Å². The Kier molecular flexibility index (Phi) is 3.70. The molecule has 0 aromatic heterocycles. The Balaban J connectivity index is 2.19. The molecule has 78 valence electrons. The van der Waals surface area contributed by atoms with E-state index < -0.39 is 10.0 Å². The third-order valence-electron chi connectivity index (χ3n) is 2.56. The van der Waals surface area contributed by atoms with E-state index >= 15 is 0 Å². The second-order valence-corrected chi connectivity index (χ2v) is 5.68. The van der Waals surface area contributed by atoms with E-state index in [0.29, 0.717) is 18.4 Å². The molecule has 2 N–H and O–H groups in total. The normalized spacial score (nSPS) is 29.4. The van der Waals surface area contributed by atoms with Crippen LogP contribution in [0.2, 0.25) is 0 Å². The summed E-state index contributed by atoms with van der Waals surface area (Å²) < 4.78 is 24.0. The van der Waals surface area contributed by atoms with Crippen molar-refractivity contribution in [2.75, 3.05) is 25.9 Å². The first-order chi connectivity index (χ1) is 5.99. The van der Waals surface area contributed by atoms with E-state index in [-0.39, 0.29) is 0 Å². The Labute approximate surface area is 80.1 Å². The molecular weight excluding hydrogens is 188 g/mol. The third-order valence-corrected chi connectivity index (χ3v) is 3.29. The number of hydrogen-bond donors (Lipinski definition) is 2. The van der Waals surface area contributed by atoms with Crippen LogP contribution in [0, 0.1) is 11.8 Å². The lowest BCUT2D eigenvalue weighted by molar-refractivity contribution is 0.421. The van der Waals surface area contributed by atoms with Gasteiger partial charge in [-0.15, -0.1) is 0 Å². The van der Waals surface area contributed by atoms with Gasteiger partial charge in [0.1, 0.15) is 0 Å². The summed E-state index contributed by atoms with van der Waals surface area (Å²) in [6, 6.07) is 0. The van der Waals surface area contributed by atoms with E-state index in [1.54, 1.807) is 0 Å². The molecule has 0 radical (unpaired) electrons. The second kappa shape index (κ2) is 4.39. The van der Waals surface area contributed by atoms with E-state index in [1.165, 1.54) is 6.26 Å². The molecule has 1 heterocycles. The Bertz CT molecular complexity index is 251. The first-order valence-electron chi connectivity index (χ1n) is 4.64. The molecule has 0 aromatic carbocycles. The molecule has 1 aliphatic heterocycles. The van der Waals surface area contributed by atoms with Crippen LogP contribution >= 0.6 is 0 Å². The van der Waals surface area contributed by atoms with Crippen molar-refractivity contribution in [3.05, 3.63) is 0 Å². The van der Waals surface area contributed by atoms with Crippen molar-refractivity contribution >= 4 is 10.0 Å². The van der Waals surface area contributed by atoms with Crippen molar-refractivity contribution in [1.29, 1.82) is 0 Å². The quantitative estimate of drug-likeness (QED) is 0.668. The minimum absolute atomic E-state index is 0.565. The lowest BCUT2D eigenvalue weighted by Crippen LogP contribution is -2.26. The molecule has 0 saturated carbocycles. The van der Waals surface area contributed by atoms with Crippen molar-refractivity contribution < 1.29 is 8.42 Å². The second-order valence-electron chi connectivity index (χ2n) is 3.85. The summed E-state index contributed by atoms with van der Waals surface area (Å²) in [5.74, 6) is 1.29. The molecule has 0 bridgehead atoms. The average Bonchev–Trinajstić information content (AvgIpc) is 2.34. The van der Waals surface area contributed by atoms with Gasteiger partial charge in [-0.3, -0.25) is 0 Å². The van der Waals surface area contributed by atoms with Gasteiger partial charge < -0.3 is 5.32 Å². The van der Waals surface area contributed by atoms with Gasteiger partial charge in [-0.05, 0) is 31.3 Å². The molecule has 1 rings (SSSR count). The van der Waals surface area contributed by atoms with E-state index in [4.69, 9.17) is 0 Å². The summed E-state index contributed by atoms with van der Waals surface area (Å²) in [6.45, 7) is 4.84. The highest BCUT2D eigenvalue weighted by molar-refractivity contribution is 7.88. The van der Waals surface area contributed by atoms with Gasteiger partial charge in [0.05, 0.1) is 6.26 Å². The predicted molar refractivity (Wildman–Crippen MR) is 53.0 cm³/mol. The molecule has 0 aromatic rings. The Morgan fingerprint density at radius 3 is 2.62 bits per heavy atom. The van der Waals surface area contributed by atoms with Crippen LogP contribution in [0.25, 0.3) is 0 Å². The van der Waals surface area contributed by atoms with Crippen molar-refractivity contribution in [2.24, 2.45) is 11.8 Å². The van der Waals surface area contributed by atoms with Gasteiger partial charge in [0.25, 0.3) is 0 Å². The van der Waals surface area contributed by atoms with Gasteiger partial charge in [0, 0.05) is 6.54 Å². The standard InChI is InChI=1S/C8H18N2O2S/c1-7-5-9-6-8(7)3-4-10-13(2,11)12/h7-10H,3-6H2,1-2H3/t7-,8-/m1/s1. The fourth-order valence-corrected chi connectivity index (χ4v) is 2.17. The van der Waals surface area contributed by atoms with Gasteiger partial charge in [-0.1, -0.05) is 6.92 Å². The average molecular weight is 206 g/mol. The molecule has 0 amide bonds. The maximum absolute atomic E-state index is 10.8. The fraction of sp³-hybridized carbons (Fsp3) is 1.00. The van der Waals surface area contributed by atoms with Crippen molar-refractivity contribution in [2.45, 2.75) is 13.3 Å². The predicted octanol–water partition coefficient (Wildman–Crippen LogP) is -0.219. The fourth-order valence-electron chi connectivity index (χ4n) is 1.68. The molecular formula is C8H18N2O2S. The number of rotatable bonds is 4. The molecule has 4 nitrogen and oxygen atoms in total. The lowest BCUT2D eigenvalue weighted by Gasteiger charge is -2.13. The van der Waals surface area contributed by atoms with Gasteiger partial charge in [0.15, 0.2) is 0 Å². The summed E-state index contributed by atoms with van der Waals surface area (Å²) in [6.07, 6.45) is 2.13. The van der Waals surface area contributed by atoms with Crippen LogP contribution in [0.15, 0.2) is 0 Å². The zero-order valence-corrected chi connectivity index (χ0v) is 9.02. The lowest BCUT2D eigenvalue weighted by atomic mass is 9.95. The first-order valence-corrected chi connectivity index (χ1v) is 6.53. The molecule has 1 aliphatic rings.